The van der Waals surface area contributed by atoms with E-state index in [1.165, 1.54) is 4.88 Å². The Bertz CT molecular complexity index is 632. The van der Waals surface area contributed by atoms with Gasteiger partial charge in [0.05, 0.1) is 11.6 Å². The molecule has 0 radical (unpaired) electrons. The third-order valence-electron chi connectivity index (χ3n) is 5.08. The number of carbonyl (C=O) groups is 1. The Morgan fingerprint density at radius 2 is 1.93 bits per heavy atom. The van der Waals surface area contributed by atoms with Gasteiger partial charge < -0.3 is 15.1 Å². The van der Waals surface area contributed by atoms with Crippen molar-refractivity contribution in [2.75, 3.05) is 58.9 Å². The minimum atomic E-state index is 0.292. The van der Waals surface area contributed by atoms with Crippen molar-refractivity contribution >= 4 is 23.2 Å². The minimum absolute atomic E-state index is 0.292. The normalized spacial score (nSPS) is 19.0. The molecule has 0 spiro atoms. The van der Waals surface area contributed by atoms with E-state index >= 15 is 0 Å². The lowest BCUT2D eigenvalue weighted by Crippen LogP contribution is -2.54. The van der Waals surface area contributed by atoms with Crippen molar-refractivity contribution in [2.24, 2.45) is 4.99 Å². The predicted octanol–water partition coefficient (Wildman–Crippen LogP) is 1.20. The van der Waals surface area contributed by atoms with Gasteiger partial charge in [-0.3, -0.25) is 14.7 Å². The summed E-state index contributed by atoms with van der Waals surface area (Å²) in [4.78, 5) is 29.4. The van der Waals surface area contributed by atoms with E-state index in [9.17, 15) is 4.79 Å². The lowest BCUT2D eigenvalue weighted by Gasteiger charge is -2.36. The van der Waals surface area contributed by atoms with Gasteiger partial charge in [-0.2, -0.15) is 0 Å². The van der Waals surface area contributed by atoms with Crippen molar-refractivity contribution in [3.63, 3.8) is 0 Å². The zero-order valence-corrected chi connectivity index (χ0v) is 17.4. The van der Waals surface area contributed by atoms with Crippen molar-refractivity contribution in [3.05, 3.63) is 16.1 Å². The first-order valence-electron chi connectivity index (χ1n) is 10.1. The van der Waals surface area contributed by atoms with Gasteiger partial charge >= 0.3 is 0 Å². The molecule has 2 saturated heterocycles. The average molecular weight is 393 g/mol. The molecule has 2 aliphatic rings. The fraction of sp³-hybridized carbons (Fsp3) is 0.737. The zero-order valence-electron chi connectivity index (χ0n) is 16.6. The maximum Gasteiger partial charge on any atom is 0.236 e. The SMILES string of the molecule is CCNC(=NCCc1ncc(C)s1)N1CCN(CC(=O)N2CCCC2)CC1. The van der Waals surface area contributed by atoms with Crippen LogP contribution in [0.1, 0.15) is 29.7 Å². The van der Waals surface area contributed by atoms with Gasteiger partial charge in [0.25, 0.3) is 0 Å². The number of thiazole rings is 1. The van der Waals surface area contributed by atoms with E-state index in [1.54, 1.807) is 11.3 Å². The van der Waals surface area contributed by atoms with E-state index in [1.807, 2.05) is 11.1 Å². The smallest absolute Gasteiger partial charge is 0.236 e. The van der Waals surface area contributed by atoms with Gasteiger partial charge in [-0.1, -0.05) is 0 Å². The number of hydrogen-bond acceptors (Lipinski definition) is 5. The third-order valence-corrected chi connectivity index (χ3v) is 6.05. The number of aliphatic imine (C=N–C) groups is 1. The highest BCUT2D eigenvalue weighted by molar-refractivity contribution is 7.11. The highest BCUT2D eigenvalue weighted by atomic mass is 32.1. The number of carbonyl (C=O) groups excluding carboxylic acids is 1. The van der Waals surface area contributed by atoms with Crippen LogP contribution in [-0.2, 0) is 11.2 Å². The second-order valence-corrected chi connectivity index (χ2v) is 8.52. The standard InChI is InChI=1S/C19H32N6OS/c1-3-20-19(21-7-6-17-22-14-16(2)27-17)25-12-10-23(11-13-25)15-18(26)24-8-4-5-9-24/h14H,3-13,15H2,1-2H3,(H,20,21). The van der Waals surface area contributed by atoms with Gasteiger partial charge in [-0.25, -0.2) is 4.98 Å². The molecule has 1 aromatic heterocycles. The summed E-state index contributed by atoms with van der Waals surface area (Å²) >= 11 is 1.75. The Hall–Kier alpha value is -1.67. The molecular weight excluding hydrogens is 360 g/mol. The van der Waals surface area contributed by atoms with E-state index in [0.29, 0.717) is 12.5 Å². The maximum absolute atomic E-state index is 12.3. The molecule has 0 bridgehead atoms. The van der Waals surface area contributed by atoms with Crippen molar-refractivity contribution in [3.8, 4) is 0 Å². The molecule has 2 aliphatic heterocycles. The molecule has 27 heavy (non-hydrogen) atoms. The summed E-state index contributed by atoms with van der Waals surface area (Å²) in [6.07, 6.45) is 5.13. The van der Waals surface area contributed by atoms with Crippen LogP contribution in [0.15, 0.2) is 11.2 Å². The van der Waals surface area contributed by atoms with E-state index in [4.69, 9.17) is 4.99 Å². The largest absolute Gasteiger partial charge is 0.357 e. The molecule has 2 fully saturated rings. The van der Waals surface area contributed by atoms with Crippen molar-refractivity contribution in [2.45, 2.75) is 33.1 Å². The zero-order chi connectivity index (χ0) is 19.1. The molecule has 8 heteroatoms. The van der Waals surface area contributed by atoms with Crippen LogP contribution in [0.4, 0.5) is 0 Å². The number of hydrogen-bond donors (Lipinski definition) is 1. The first-order valence-corrected chi connectivity index (χ1v) is 10.9. The molecule has 3 rings (SSSR count). The number of likely N-dealkylation sites (tertiary alicyclic amines) is 1. The monoisotopic (exact) mass is 392 g/mol. The summed E-state index contributed by atoms with van der Waals surface area (Å²) in [5.41, 5.74) is 0. The Balaban J connectivity index is 1.45. The maximum atomic E-state index is 12.3. The molecule has 0 aromatic carbocycles. The summed E-state index contributed by atoms with van der Waals surface area (Å²) in [5.74, 6) is 1.27. The van der Waals surface area contributed by atoms with Gasteiger partial charge in [0.1, 0.15) is 0 Å². The molecule has 1 aromatic rings. The Kier molecular flexibility index (Phi) is 7.46. The minimum Gasteiger partial charge on any atom is -0.357 e. The second kappa shape index (κ2) is 10.0. The van der Waals surface area contributed by atoms with Crippen molar-refractivity contribution in [1.29, 1.82) is 0 Å². The number of nitrogens with zero attached hydrogens (tertiary/aromatic N) is 5. The van der Waals surface area contributed by atoms with Gasteiger partial charge in [-0.05, 0) is 26.7 Å². The summed E-state index contributed by atoms with van der Waals surface area (Å²) < 4.78 is 0. The average Bonchev–Trinajstić information content (AvgIpc) is 3.34. The van der Waals surface area contributed by atoms with Crippen molar-refractivity contribution in [1.82, 2.24) is 25.0 Å². The van der Waals surface area contributed by atoms with Crippen LogP contribution in [0.5, 0.6) is 0 Å². The summed E-state index contributed by atoms with van der Waals surface area (Å²) in [6, 6.07) is 0. The molecule has 0 unspecified atom stereocenters. The number of rotatable bonds is 6. The van der Waals surface area contributed by atoms with E-state index in [-0.39, 0.29) is 0 Å². The lowest BCUT2D eigenvalue weighted by atomic mass is 10.3. The van der Waals surface area contributed by atoms with E-state index < -0.39 is 0 Å². The van der Waals surface area contributed by atoms with Crippen LogP contribution in [0.3, 0.4) is 0 Å². The molecule has 1 amide bonds. The topological polar surface area (TPSA) is 64.1 Å². The van der Waals surface area contributed by atoms with Crippen molar-refractivity contribution < 1.29 is 4.79 Å². The van der Waals surface area contributed by atoms with Gasteiger partial charge in [-0.15, -0.1) is 11.3 Å². The fourth-order valence-electron chi connectivity index (χ4n) is 3.58. The number of amides is 1. The molecule has 0 atom stereocenters. The third kappa shape index (κ3) is 5.90. The van der Waals surface area contributed by atoms with Crippen LogP contribution in [0.2, 0.25) is 0 Å². The van der Waals surface area contributed by atoms with Gasteiger partial charge in [0.2, 0.25) is 5.91 Å². The first kappa shape index (κ1) is 20.1. The second-order valence-electron chi connectivity index (χ2n) is 7.20. The molecule has 3 heterocycles. The lowest BCUT2D eigenvalue weighted by molar-refractivity contribution is -0.131. The highest BCUT2D eigenvalue weighted by Gasteiger charge is 2.24. The van der Waals surface area contributed by atoms with Crippen LogP contribution in [-0.4, -0.2) is 90.5 Å². The van der Waals surface area contributed by atoms with Crippen LogP contribution in [0, 0.1) is 6.92 Å². The summed E-state index contributed by atoms with van der Waals surface area (Å²) in [6.45, 7) is 11.9. The Morgan fingerprint density at radius 1 is 1.19 bits per heavy atom. The highest BCUT2D eigenvalue weighted by Crippen LogP contribution is 2.12. The number of aromatic nitrogens is 1. The molecular formula is C19H32N6OS. The fourth-order valence-corrected chi connectivity index (χ4v) is 4.35. The summed E-state index contributed by atoms with van der Waals surface area (Å²) in [7, 11) is 0. The van der Waals surface area contributed by atoms with Gasteiger partial charge in [0.15, 0.2) is 5.96 Å². The molecule has 0 aliphatic carbocycles. The molecule has 0 saturated carbocycles. The molecule has 1 N–H and O–H groups in total. The van der Waals surface area contributed by atoms with E-state index in [0.717, 1.165) is 82.6 Å². The van der Waals surface area contributed by atoms with Gasteiger partial charge in [0, 0.05) is 69.9 Å². The molecule has 7 nitrogen and oxygen atoms in total. The first-order chi connectivity index (χ1) is 13.2. The number of aryl methyl sites for hydroxylation is 1. The summed E-state index contributed by atoms with van der Waals surface area (Å²) in [5, 5.41) is 4.56. The number of guanidine groups is 1. The number of nitrogens with one attached hydrogen (secondary N) is 1. The Morgan fingerprint density at radius 3 is 2.56 bits per heavy atom. The molecule has 150 valence electrons. The van der Waals surface area contributed by atoms with Crippen LogP contribution < -0.4 is 5.32 Å². The van der Waals surface area contributed by atoms with Crippen LogP contribution >= 0.6 is 11.3 Å². The van der Waals surface area contributed by atoms with E-state index in [2.05, 4.69) is 33.9 Å². The predicted molar refractivity (Wildman–Crippen MR) is 110 cm³/mol. The van der Waals surface area contributed by atoms with Crippen LogP contribution in [0.25, 0.3) is 0 Å². The quantitative estimate of drug-likeness (QED) is 0.582. The Labute approximate surface area is 166 Å². The number of piperazine rings is 1.